The number of benzene rings is 1. The van der Waals surface area contributed by atoms with Crippen LogP contribution in [0.4, 0.5) is 0 Å². The maximum absolute atomic E-state index is 14.3. The van der Waals surface area contributed by atoms with E-state index in [4.69, 9.17) is 19.9 Å². The van der Waals surface area contributed by atoms with Gasteiger partial charge in [0.25, 0.3) is 0 Å². The molecule has 0 heterocycles. The van der Waals surface area contributed by atoms with Gasteiger partial charge in [-0.05, 0) is 141 Å². The third-order valence-electron chi connectivity index (χ3n) is 15.4. The second-order valence-electron chi connectivity index (χ2n) is 19.3. The minimum atomic E-state index is -0.673. The summed E-state index contributed by atoms with van der Waals surface area (Å²) in [5.74, 6) is 0.768. The summed E-state index contributed by atoms with van der Waals surface area (Å²) in [6.45, 7) is 23.6. The number of carbonyl (C=O) groups excluding carboxylic acids is 3. The maximum atomic E-state index is 14.3. The highest BCUT2D eigenvalue weighted by atomic mass is 16.5. The van der Waals surface area contributed by atoms with Crippen LogP contribution >= 0.6 is 0 Å². The first-order valence-electron chi connectivity index (χ1n) is 22.3. The average molecular weight is 796 g/mol. The minimum absolute atomic E-state index is 0.238. The predicted molar refractivity (Wildman–Crippen MR) is 234 cm³/mol. The molecule has 4 aliphatic rings. The number of rotatable bonds is 17. The van der Waals surface area contributed by atoms with E-state index >= 15 is 0 Å². The van der Waals surface area contributed by atoms with Gasteiger partial charge in [-0.1, -0.05) is 115 Å². The molecule has 58 heavy (non-hydrogen) atoms. The molecule has 0 spiro atoms. The lowest BCUT2D eigenvalue weighted by atomic mass is 9.57. The largest absolute Gasteiger partial charge is 0.466 e. The van der Waals surface area contributed by atoms with Gasteiger partial charge in [-0.25, -0.2) is 4.79 Å². The zero-order valence-corrected chi connectivity index (χ0v) is 37.0. The van der Waals surface area contributed by atoms with Crippen molar-refractivity contribution in [2.75, 3.05) is 13.2 Å². The number of hydrogen-bond donors (Lipinski definition) is 1. The van der Waals surface area contributed by atoms with Crippen molar-refractivity contribution in [3.05, 3.63) is 85.0 Å². The maximum Gasteiger partial charge on any atom is 0.335 e. The molecule has 2 N–H and O–H groups in total. The molecular weight excluding hydrogens is 723 g/mol. The molecule has 0 aliphatic heterocycles. The van der Waals surface area contributed by atoms with Gasteiger partial charge in [-0.3, -0.25) is 9.59 Å². The van der Waals surface area contributed by atoms with E-state index in [1.807, 2.05) is 26.0 Å². The summed E-state index contributed by atoms with van der Waals surface area (Å²) in [6.07, 6.45) is 27.4. The Labute approximate surface area is 350 Å². The average Bonchev–Trinajstić information content (AvgIpc) is 4.00. The van der Waals surface area contributed by atoms with Gasteiger partial charge in [0, 0.05) is 11.6 Å². The summed E-state index contributed by atoms with van der Waals surface area (Å²) in [4.78, 5) is 39.9. The number of carbonyl (C=O) groups is 3. The van der Waals surface area contributed by atoms with Gasteiger partial charge >= 0.3 is 17.9 Å². The lowest BCUT2D eigenvalue weighted by Crippen LogP contribution is -2.46. The molecule has 0 amide bonds. The summed E-state index contributed by atoms with van der Waals surface area (Å²) >= 11 is 0. The number of hydrogen-bond acceptors (Lipinski definition) is 7. The number of esters is 3. The summed E-state index contributed by atoms with van der Waals surface area (Å²) in [7, 11) is 0. The second kappa shape index (κ2) is 18.7. The van der Waals surface area contributed by atoms with Gasteiger partial charge in [0.1, 0.15) is 5.75 Å². The van der Waals surface area contributed by atoms with E-state index in [0.29, 0.717) is 41.8 Å². The van der Waals surface area contributed by atoms with E-state index in [-0.39, 0.29) is 42.4 Å². The van der Waals surface area contributed by atoms with Crippen LogP contribution in [0.1, 0.15) is 119 Å². The molecule has 1 aromatic rings. The lowest BCUT2D eigenvalue weighted by molar-refractivity contribution is -0.166. The minimum Gasteiger partial charge on any atom is -0.466 e. The Morgan fingerprint density at radius 3 is 2.19 bits per heavy atom. The van der Waals surface area contributed by atoms with E-state index in [1.54, 1.807) is 12.1 Å². The van der Waals surface area contributed by atoms with Crippen molar-refractivity contribution in [1.29, 1.82) is 0 Å². The van der Waals surface area contributed by atoms with Gasteiger partial charge in [-0.2, -0.15) is 0 Å². The Hall–Kier alpha value is -3.71. The first-order chi connectivity index (χ1) is 27.5. The summed E-state index contributed by atoms with van der Waals surface area (Å²) in [6, 6.07) is 7.43. The molecule has 0 aromatic heterocycles. The highest BCUT2D eigenvalue weighted by molar-refractivity contribution is 5.85. The number of allylic oxidation sites excluding steroid dienone is 6. The van der Waals surface area contributed by atoms with Crippen molar-refractivity contribution in [2.24, 2.45) is 75.2 Å². The Morgan fingerprint density at radius 1 is 0.879 bits per heavy atom. The predicted octanol–water partition coefficient (Wildman–Crippen LogP) is 11.1. The molecule has 3 saturated carbocycles. The van der Waals surface area contributed by atoms with Gasteiger partial charge < -0.3 is 19.9 Å². The van der Waals surface area contributed by atoms with Gasteiger partial charge in [0.05, 0.1) is 25.0 Å². The van der Waals surface area contributed by atoms with Crippen molar-refractivity contribution in [1.82, 2.24) is 0 Å². The Bertz CT molecular complexity index is 1730. The van der Waals surface area contributed by atoms with Crippen LogP contribution in [0.5, 0.6) is 5.75 Å². The van der Waals surface area contributed by atoms with Gasteiger partial charge in [0.2, 0.25) is 0 Å². The monoisotopic (exact) mass is 796 g/mol. The second-order valence-corrected chi connectivity index (χ2v) is 19.3. The topological polar surface area (TPSA) is 105 Å². The summed E-state index contributed by atoms with van der Waals surface area (Å²) in [5, 5.41) is 0. The van der Waals surface area contributed by atoms with Crippen LogP contribution in [0, 0.1) is 69.5 Å². The fourth-order valence-electron chi connectivity index (χ4n) is 11.5. The van der Waals surface area contributed by atoms with Crippen LogP contribution < -0.4 is 10.5 Å². The van der Waals surface area contributed by atoms with Gasteiger partial charge in [-0.15, -0.1) is 0 Å². The number of fused-ring (bicyclic) bond motifs is 1. The fourth-order valence-corrected chi connectivity index (χ4v) is 11.5. The molecule has 5 rings (SSSR count). The molecule has 0 saturated heterocycles. The zero-order valence-electron chi connectivity index (χ0n) is 37.0. The fraction of sp³-hybridized carbons (Fsp3) is 0.627. The van der Waals surface area contributed by atoms with Crippen molar-refractivity contribution in [3.8, 4) is 5.75 Å². The molecule has 1 aromatic carbocycles. The molecule has 3 fully saturated rings. The molecule has 7 nitrogen and oxygen atoms in total. The molecule has 0 bridgehead atoms. The molecular formula is C51H73NO6. The SMILES string of the molecule is C=CC(=O)Oc1ccc(C=CC2CCC(C(C)(N)/C=C/C3CC(CC)(C(C)(C)C=CC4CC(C(C)(C)CC)C5CC=CC45)C(C(=O)OCC)C3C(=O)OCC)C2)cc1. The highest BCUT2D eigenvalue weighted by Gasteiger charge is 2.63. The normalized spacial score (nSPS) is 32.2. The number of nitrogens with two attached hydrogens (primary N) is 1. The van der Waals surface area contributed by atoms with Crippen molar-refractivity contribution >= 4 is 24.0 Å². The van der Waals surface area contributed by atoms with Crippen LogP contribution in [0.25, 0.3) is 6.08 Å². The standard InChI is InChI=1S/C51H73NO6/c1-11-43(53)58-39-25-22-34(23-26-39)19-20-35-21-24-38(31-35)50(10,52)30-28-37-33-51(13-3,45(47(55)57-15-5)44(37)46(54)56-14-4)49(8,9)29-27-36-32-42(48(6,7)12-2)41-18-16-17-40(36)41/h11,16-17,19-20,22-23,25-30,35-38,40-42,44-45H,1,12-15,18,21,24,31-33,52H2,2-10H3/b20-19?,29-27?,30-28+. The Morgan fingerprint density at radius 2 is 1.55 bits per heavy atom. The van der Waals surface area contributed by atoms with Crippen molar-refractivity contribution < 1.29 is 28.6 Å². The number of ether oxygens (including phenoxy) is 3. The van der Waals surface area contributed by atoms with Crippen LogP contribution in [0.2, 0.25) is 0 Å². The molecule has 4 aliphatic carbocycles. The third kappa shape index (κ3) is 9.51. The Kier molecular flexibility index (Phi) is 14.6. The van der Waals surface area contributed by atoms with E-state index in [1.165, 1.54) is 12.8 Å². The first-order valence-corrected chi connectivity index (χ1v) is 22.3. The summed E-state index contributed by atoms with van der Waals surface area (Å²) < 4.78 is 16.8. The van der Waals surface area contributed by atoms with Crippen molar-refractivity contribution in [2.45, 2.75) is 119 Å². The molecule has 0 radical (unpaired) electrons. The van der Waals surface area contributed by atoms with E-state index in [9.17, 15) is 14.4 Å². The third-order valence-corrected chi connectivity index (χ3v) is 15.4. The highest BCUT2D eigenvalue weighted by Crippen LogP contribution is 2.63. The molecule has 318 valence electrons. The van der Waals surface area contributed by atoms with Crippen LogP contribution in [0.3, 0.4) is 0 Å². The summed E-state index contributed by atoms with van der Waals surface area (Å²) in [5.41, 5.74) is 6.92. The van der Waals surface area contributed by atoms with E-state index in [0.717, 1.165) is 43.7 Å². The molecule has 11 unspecified atom stereocenters. The van der Waals surface area contributed by atoms with Crippen LogP contribution in [0.15, 0.2) is 79.5 Å². The smallest absolute Gasteiger partial charge is 0.335 e. The quantitative estimate of drug-likeness (QED) is 0.0724. The molecule has 7 heteroatoms. The Balaban J connectivity index is 1.39. The first kappa shape index (κ1) is 45.4. The zero-order chi connectivity index (χ0) is 42.5. The van der Waals surface area contributed by atoms with E-state index in [2.05, 4.69) is 104 Å². The van der Waals surface area contributed by atoms with Gasteiger partial charge in [0.15, 0.2) is 0 Å². The van der Waals surface area contributed by atoms with Crippen molar-refractivity contribution in [3.63, 3.8) is 0 Å². The van der Waals surface area contributed by atoms with Crippen LogP contribution in [-0.2, 0) is 23.9 Å². The van der Waals surface area contributed by atoms with Crippen LogP contribution in [-0.4, -0.2) is 36.7 Å². The lowest BCUT2D eigenvalue weighted by Gasteiger charge is -2.46. The van der Waals surface area contributed by atoms with E-state index < -0.39 is 34.2 Å². The molecule has 11 atom stereocenters.